The van der Waals surface area contributed by atoms with E-state index < -0.39 is 0 Å². The summed E-state index contributed by atoms with van der Waals surface area (Å²) in [5, 5.41) is 0. The first-order valence-corrected chi connectivity index (χ1v) is 6.26. The summed E-state index contributed by atoms with van der Waals surface area (Å²) in [6.45, 7) is 2.45. The van der Waals surface area contributed by atoms with Crippen LogP contribution in [0, 0.1) is 0 Å². The summed E-state index contributed by atoms with van der Waals surface area (Å²) in [7, 11) is 0. The van der Waals surface area contributed by atoms with Gasteiger partial charge in [-0.2, -0.15) is 0 Å². The van der Waals surface area contributed by atoms with Gasteiger partial charge in [-0.3, -0.25) is 9.69 Å². The van der Waals surface area contributed by atoms with Crippen LogP contribution in [0.5, 0.6) is 0 Å². The summed E-state index contributed by atoms with van der Waals surface area (Å²) in [4.78, 5) is 13.6. The average molecular weight is 218 g/mol. The van der Waals surface area contributed by atoms with Gasteiger partial charge >= 0.3 is 0 Å². The molecule has 0 radical (unpaired) electrons. The van der Waals surface area contributed by atoms with E-state index in [0.717, 1.165) is 12.0 Å². The third kappa shape index (κ3) is 1.50. The molecule has 2 aliphatic rings. The van der Waals surface area contributed by atoms with Crippen molar-refractivity contribution in [3.63, 3.8) is 0 Å². The third-order valence-corrected chi connectivity index (χ3v) is 4.11. The van der Waals surface area contributed by atoms with E-state index >= 15 is 0 Å². The van der Waals surface area contributed by atoms with Crippen LogP contribution in [0.2, 0.25) is 0 Å². The molecule has 3 rings (SSSR count). The van der Waals surface area contributed by atoms with E-state index in [1.165, 1.54) is 38.8 Å². The Bertz CT molecular complexity index is 385. The van der Waals surface area contributed by atoms with Crippen LogP contribution >= 0.6 is 0 Å². The molecule has 3 nitrogen and oxygen atoms in total. The lowest BCUT2D eigenvalue weighted by molar-refractivity contribution is 0.110. The van der Waals surface area contributed by atoms with Crippen molar-refractivity contribution in [3.05, 3.63) is 24.0 Å². The number of nitrogens with zero attached hydrogens (tertiary/aromatic N) is 2. The molecule has 0 aromatic carbocycles. The summed E-state index contributed by atoms with van der Waals surface area (Å²) in [6, 6.07) is 5.09. The Kier molecular flexibility index (Phi) is 2.56. The second kappa shape index (κ2) is 4.06. The first-order chi connectivity index (χ1) is 7.90. The smallest absolute Gasteiger partial charge is 0.166 e. The Hall–Kier alpha value is -1.09. The van der Waals surface area contributed by atoms with Gasteiger partial charge in [-0.1, -0.05) is 6.42 Å². The minimum Gasteiger partial charge on any atom is -0.341 e. The molecule has 0 aliphatic carbocycles. The van der Waals surface area contributed by atoms with Crippen molar-refractivity contribution in [1.29, 1.82) is 0 Å². The van der Waals surface area contributed by atoms with Crippen molar-refractivity contribution >= 4 is 6.29 Å². The van der Waals surface area contributed by atoms with Crippen molar-refractivity contribution < 1.29 is 4.79 Å². The standard InChI is InChI=1S/C13H18N2O/c16-10-11-4-3-8-15(11)13-6-9-14-7-2-1-5-12(13)14/h3-4,8,10,12-13H,1-2,5-7,9H2. The minimum atomic E-state index is 0.524. The Morgan fingerprint density at radius 1 is 1.19 bits per heavy atom. The molecule has 2 atom stereocenters. The number of carbonyl (C=O) groups is 1. The molecule has 3 heterocycles. The molecule has 1 aromatic rings. The molecular formula is C13H18N2O. The van der Waals surface area contributed by atoms with Crippen LogP contribution in [0.1, 0.15) is 42.2 Å². The number of piperidine rings is 1. The van der Waals surface area contributed by atoms with Crippen molar-refractivity contribution in [1.82, 2.24) is 9.47 Å². The summed E-state index contributed by atoms with van der Waals surface area (Å²) >= 11 is 0. The number of carbonyl (C=O) groups excluding carboxylic acids is 1. The number of fused-ring (bicyclic) bond motifs is 1. The average Bonchev–Trinajstić information content (AvgIpc) is 2.94. The van der Waals surface area contributed by atoms with Crippen LogP contribution in [0.25, 0.3) is 0 Å². The molecule has 2 saturated heterocycles. The predicted octanol–water partition coefficient (Wildman–Crippen LogP) is 2.10. The summed E-state index contributed by atoms with van der Waals surface area (Å²) < 4.78 is 2.18. The first-order valence-electron chi connectivity index (χ1n) is 6.26. The molecule has 2 fully saturated rings. The van der Waals surface area contributed by atoms with Gasteiger partial charge in [0.25, 0.3) is 0 Å². The van der Waals surface area contributed by atoms with Gasteiger partial charge in [-0.25, -0.2) is 0 Å². The van der Waals surface area contributed by atoms with E-state index in [2.05, 4.69) is 15.7 Å². The quantitative estimate of drug-likeness (QED) is 0.710. The highest BCUT2D eigenvalue weighted by atomic mass is 16.1. The van der Waals surface area contributed by atoms with Crippen molar-refractivity contribution in [2.24, 2.45) is 0 Å². The highest BCUT2D eigenvalue weighted by Crippen LogP contribution is 2.35. The zero-order chi connectivity index (χ0) is 11.0. The monoisotopic (exact) mass is 218 g/mol. The molecule has 2 aliphatic heterocycles. The topological polar surface area (TPSA) is 25.2 Å². The van der Waals surface area contributed by atoms with Gasteiger partial charge in [0.15, 0.2) is 6.29 Å². The van der Waals surface area contributed by atoms with Crippen LogP contribution in [0.15, 0.2) is 18.3 Å². The molecule has 0 N–H and O–H groups in total. The van der Waals surface area contributed by atoms with Crippen molar-refractivity contribution in [3.8, 4) is 0 Å². The third-order valence-electron chi connectivity index (χ3n) is 4.11. The normalized spacial score (nSPS) is 30.2. The van der Waals surface area contributed by atoms with E-state index in [1.807, 2.05) is 12.1 Å². The summed E-state index contributed by atoms with van der Waals surface area (Å²) in [6.07, 6.45) is 8.21. The van der Waals surface area contributed by atoms with Gasteiger partial charge in [0, 0.05) is 18.8 Å². The Morgan fingerprint density at radius 3 is 3.00 bits per heavy atom. The maximum absolute atomic E-state index is 11.0. The number of hydrogen-bond donors (Lipinski definition) is 0. The van der Waals surface area contributed by atoms with Gasteiger partial charge in [0.1, 0.15) is 0 Å². The van der Waals surface area contributed by atoms with Crippen LogP contribution in [-0.4, -0.2) is 34.9 Å². The van der Waals surface area contributed by atoms with Gasteiger partial charge in [-0.05, 0) is 37.9 Å². The second-order valence-electron chi connectivity index (χ2n) is 4.91. The fraction of sp³-hybridized carbons (Fsp3) is 0.615. The second-order valence-corrected chi connectivity index (χ2v) is 4.91. The van der Waals surface area contributed by atoms with E-state index in [4.69, 9.17) is 0 Å². The lowest BCUT2D eigenvalue weighted by Crippen LogP contribution is -2.37. The molecule has 0 spiro atoms. The Morgan fingerprint density at radius 2 is 2.12 bits per heavy atom. The fourth-order valence-electron chi connectivity index (χ4n) is 3.35. The van der Waals surface area contributed by atoms with Gasteiger partial charge in [-0.15, -0.1) is 0 Å². The summed E-state index contributed by atoms with van der Waals surface area (Å²) in [5.41, 5.74) is 0.831. The molecule has 1 aromatic heterocycles. The SMILES string of the molecule is O=Cc1cccn1C1CCN2CCCCC12. The highest BCUT2D eigenvalue weighted by Gasteiger charge is 2.36. The molecule has 0 amide bonds. The lowest BCUT2D eigenvalue weighted by atomic mass is 9.99. The number of hydrogen-bond acceptors (Lipinski definition) is 2. The Balaban J connectivity index is 1.87. The van der Waals surface area contributed by atoms with E-state index in [-0.39, 0.29) is 0 Å². The van der Waals surface area contributed by atoms with Crippen LogP contribution in [0.4, 0.5) is 0 Å². The largest absolute Gasteiger partial charge is 0.341 e. The first kappa shape index (κ1) is 10.1. The molecule has 2 unspecified atom stereocenters. The summed E-state index contributed by atoms with van der Waals surface area (Å²) in [5.74, 6) is 0. The molecular weight excluding hydrogens is 200 g/mol. The fourth-order valence-corrected chi connectivity index (χ4v) is 3.35. The number of aldehydes is 1. The predicted molar refractivity (Wildman–Crippen MR) is 62.7 cm³/mol. The van der Waals surface area contributed by atoms with Gasteiger partial charge in [0.05, 0.1) is 11.7 Å². The van der Waals surface area contributed by atoms with E-state index in [0.29, 0.717) is 12.1 Å². The molecule has 0 bridgehead atoms. The molecule has 16 heavy (non-hydrogen) atoms. The minimum absolute atomic E-state index is 0.524. The number of rotatable bonds is 2. The van der Waals surface area contributed by atoms with Crippen molar-refractivity contribution in [2.45, 2.75) is 37.8 Å². The highest BCUT2D eigenvalue weighted by molar-refractivity contribution is 5.72. The lowest BCUT2D eigenvalue weighted by Gasteiger charge is -2.33. The van der Waals surface area contributed by atoms with Gasteiger partial charge in [0.2, 0.25) is 0 Å². The molecule has 3 heteroatoms. The Labute approximate surface area is 96.0 Å². The zero-order valence-corrected chi connectivity index (χ0v) is 9.51. The van der Waals surface area contributed by atoms with E-state index in [9.17, 15) is 4.79 Å². The van der Waals surface area contributed by atoms with E-state index in [1.54, 1.807) is 0 Å². The van der Waals surface area contributed by atoms with Crippen LogP contribution in [0.3, 0.4) is 0 Å². The van der Waals surface area contributed by atoms with Crippen LogP contribution < -0.4 is 0 Å². The zero-order valence-electron chi connectivity index (χ0n) is 9.51. The number of aromatic nitrogens is 1. The van der Waals surface area contributed by atoms with Crippen molar-refractivity contribution in [2.75, 3.05) is 13.1 Å². The van der Waals surface area contributed by atoms with Crippen LogP contribution in [-0.2, 0) is 0 Å². The van der Waals surface area contributed by atoms with Gasteiger partial charge < -0.3 is 4.57 Å². The molecule has 86 valence electrons. The maximum Gasteiger partial charge on any atom is 0.166 e. The maximum atomic E-state index is 11.0. The molecule has 0 saturated carbocycles.